The molecule has 0 saturated carbocycles. The molecule has 5 heteroatoms. The first-order chi connectivity index (χ1) is 8.88. The zero-order valence-electron chi connectivity index (χ0n) is 11.6. The Morgan fingerprint density at radius 2 is 2.16 bits per heavy atom. The predicted octanol–water partition coefficient (Wildman–Crippen LogP) is 1.48. The summed E-state index contributed by atoms with van der Waals surface area (Å²) in [5, 5.41) is 2.80. The molecule has 1 aromatic rings. The molecule has 0 radical (unpaired) electrons. The maximum atomic E-state index is 13.2. The number of nitrogens with one attached hydrogen (secondary N) is 1. The summed E-state index contributed by atoms with van der Waals surface area (Å²) >= 11 is 0. The lowest BCUT2D eigenvalue weighted by Gasteiger charge is -2.22. The first-order valence-electron chi connectivity index (χ1n) is 6.17. The second-order valence-electron chi connectivity index (χ2n) is 5.28. The van der Waals surface area contributed by atoms with Gasteiger partial charge in [-0.3, -0.25) is 4.79 Å². The van der Waals surface area contributed by atoms with Crippen LogP contribution in [0.3, 0.4) is 0 Å². The highest BCUT2D eigenvalue weighted by atomic mass is 19.1. The van der Waals surface area contributed by atoms with Crippen LogP contribution in [0.5, 0.6) is 5.75 Å². The molecular formula is C14H21FN2O2. The molecule has 0 aromatic heterocycles. The second kappa shape index (κ2) is 6.52. The van der Waals surface area contributed by atoms with Crippen LogP contribution in [0.2, 0.25) is 0 Å². The SMILES string of the molecule is COc1ccc(F)cc1CC(=O)NCC(C)(C)CN. The van der Waals surface area contributed by atoms with Crippen LogP contribution in [0.1, 0.15) is 19.4 Å². The maximum absolute atomic E-state index is 13.2. The molecule has 0 aliphatic rings. The number of carbonyl (C=O) groups excluding carboxylic acids is 1. The van der Waals surface area contributed by atoms with E-state index in [4.69, 9.17) is 10.5 Å². The van der Waals surface area contributed by atoms with Crippen molar-refractivity contribution < 1.29 is 13.9 Å². The van der Waals surface area contributed by atoms with Crippen molar-refractivity contribution in [2.75, 3.05) is 20.2 Å². The summed E-state index contributed by atoms with van der Waals surface area (Å²) in [6, 6.07) is 4.13. The Labute approximate surface area is 113 Å². The van der Waals surface area contributed by atoms with Gasteiger partial charge in [-0.2, -0.15) is 0 Å². The number of benzene rings is 1. The van der Waals surface area contributed by atoms with Crippen LogP contribution in [0.25, 0.3) is 0 Å². The van der Waals surface area contributed by atoms with E-state index in [1.165, 1.54) is 25.3 Å². The van der Waals surface area contributed by atoms with Crippen LogP contribution in [0.15, 0.2) is 18.2 Å². The highest BCUT2D eigenvalue weighted by Crippen LogP contribution is 2.20. The minimum atomic E-state index is -0.383. The van der Waals surface area contributed by atoms with Crippen LogP contribution >= 0.6 is 0 Å². The molecule has 0 bridgehead atoms. The summed E-state index contributed by atoms with van der Waals surface area (Å²) in [5.74, 6) is -0.0500. The zero-order valence-corrected chi connectivity index (χ0v) is 11.6. The fourth-order valence-corrected chi connectivity index (χ4v) is 1.53. The van der Waals surface area contributed by atoms with Gasteiger partial charge in [0.05, 0.1) is 13.5 Å². The Hall–Kier alpha value is -1.62. The number of halogens is 1. The van der Waals surface area contributed by atoms with Gasteiger partial charge < -0.3 is 15.8 Å². The van der Waals surface area contributed by atoms with Gasteiger partial charge in [0.25, 0.3) is 0 Å². The van der Waals surface area contributed by atoms with Crippen LogP contribution in [0, 0.1) is 11.2 Å². The van der Waals surface area contributed by atoms with Gasteiger partial charge in [-0.15, -0.1) is 0 Å². The maximum Gasteiger partial charge on any atom is 0.224 e. The van der Waals surface area contributed by atoms with E-state index in [2.05, 4.69) is 5.32 Å². The van der Waals surface area contributed by atoms with E-state index in [-0.39, 0.29) is 23.6 Å². The van der Waals surface area contributed by atoms with Gasteiger partial charge >= 0.3 is 0 Å². The van der Waals surface area contributed by atoms with Gasteiger partial charge in [0, 0.05) is 12.1 Å². The summed E-state index contributed by atoms with van der Waals surface area (Å²) in [4.78, 5) is 11.8. The van der Waals surface area contributed by atoms with Gasteiger partial charge in [0.2, 0.25) is 5.91 Å². The first-order valence-corrected chi connectivity index (χ1v) is 6.17. The van der Waals surface area contributed by atoms with Crippen molar-refractivity contribution >= 4 is 5.91 Å². The molecule has 0 fully saturated rings. The summed E-state index contributed by atoms with van der Waals surface area (Å²) in [6.45, 7) is 4.91. The fourth-order valence-electron chi connectivity index (χ4n) is 1.53. The van der Waals surface area contributed by atoms with E-state index in [0.717, 1.165) is 0 Å². The number of ether oxygens (including phenoxy) is 1. The quantitative estimate of drug-likeness (QED) is 0.821. The molecule has 1 rings (SSSR count). The lowest BCUT2D eigenvalue weighted by atomic mass is 9.94. The Morgan fingerprint density at radius 3 is 2.74 bits per heavy atom. The number of nitrogens with two attached hydrogens (primary N) is 1. The van der Waals surface area contributed by atoms with Crippen molar-refractivity contribution in [1.82, 2.24) is 5.32 Å². The summed E-state index contributed by atoms with van der Waals surface area (Å²) in [5.41, 5.74) is 5.97. The van der Waals surface area contributed by atoms with Crippen molar-refractivity contribution in [1.29, 1.82) is 0 Å². The van der Waals surface area contributed by atoms with Crippen molar-refractivity contribution in [2.24, 2.45) is 11.1 Å². The van der Waals surface area contributed by atoms with Gasteiger partial charge in [-0.05, 0) is 30.2 Å². The van der Waals surface area contributed by atoms with Gasteiger partial charge in [0.1, 0.15) is 11.6 Å². The summed E-state index contributed by atoms with van der Waals surface area (Å²) < 4.78 is 18.3. The number of rotatable bonds is 6. The third-order valence-corrected chi connectivity index (χ3v) is 2.91. The topological polar surface area (TPSA) is 64.3 Å². The molecule has 0 aliphatic heterocycles. The van der Waals surface area contributed by atoms with Crippen LogP contribution in [-0.4, -0.2) is 26.1 Å². The van der Waals surface area contributed by atoms with Crippen LogP contribution in [0.4, 0.5) is 4.39 Å². The van der Waals surface area contributed by atoms with Crippen molar-refractivity contribution in [3.8, 4) is 5.75 Å². The number of methoxy groups -OCH3 is 1. The molecule has 3 N–H and O–H groups in total. The number of hydrogen-bond acceptors (Lipinski definition) is 3. The van der Waals surface area contributed by atoms with Gasteiger partial charge in [0.15, 0.2) is 0 Å². The minimum absolute atomic E-state index is 0.0849. The fraction of sp³-hybridized carbons (Fsp3) is 0.500. The van der Waals surface area contributed by atoms with E-state index in [9.17, 15) is 9.18 Å². The van der Waals surface area contributed by atoms with E-state index < -0.39 is 0 Å². The van der Waals surface area contributed by atoms with Crippen molar-refractivity contribution in [3.05, 3.63) is 29.6 Å². The van der Waals surface area contributed by atoms with E-state index in [1.807, 2.05) is 13.8 Å². The molecule has 1 amide bonds. The zero-order chi connectivity index (χ0) is 14.5. The number of carbonyl (C=O) groups is 1. The Morgan fingerprint density at radius 1 is 1.47 bits per heavy atom. The third kappa shape index (κ3) is 4.87. The lowest BCUT2D eigenvalue weighted by Crippen LogP contribution is -2.39. The van der Waals surface area contributed by atoms with Crippen molar-refractivity contribution in [3.63, 3.8) is 0 Å². The van der Waals surface area contributed by atoms with Crippen LogP contribution in [-0.2, 0) is 11.2 Å². The molecule has 0 aliphatic carbocycles. The molecule has 19 heavy (non-hydrogen) atoms. The third-order valence-electron chi connectivity index (χ3n) is 2.91. The van der Waals surface area contributed by atoms with Gasteiger partial charge in [-0.1, -0.05) is 13.8 Å². The molecule has 4 nitrogen and oxygen atoms in total. The average Bonchev–Trinajstić information content (AvgIpc) is 2.37. The monoisotopic (exact) mass is 268 g/mol. The highest BCUT2D eigenvalue weighted by molar-refractivity contribution is 5.79. The average molecular weight is 268 g/mol. The minimum Gasteiger partial charge on any atom is -0.496 e. The lowest BCUT2D eigenvalue weighted by molar-refractivity contribution is -0.120. The van der Waals surface area contributed by atoms with E-state index in [0.29, 0.717) is 24.4 Å². The normalized spacial score (nSPS) is 11.2. The van der Waals surface area contributed by atoms with Gasteiger partial charge in [-0.25, -0.2) is 4.39 Å². The summed E-state index contributed by atoms with van der Waals surface area (Å²) in [7, 11) is 1.49. The molecule has 0 unspecified atom stereocenters. The largest absolute Gasteiger partial charge is 0.496 e. The van der Waals surface area contributed by atoms with E-state index in [1.54, 1.807) is 0 Å². The highest BCUT2D eigenvalue weighted by Gasteiger charge is 2.17. The Balaban J connectivity index is 2.64. The Bertz CT molecular complexity index is 447. The smallest absolute Gasteiger partial charge is 0.224 e. The first kappa shape index (κ1) is 15.4. The predicted molar refractivity (Wildman–Crippen MR) is 72.5 cm³/mol. The second-order valence-corrected chi connectivity index (χ2v) is 5.28. The summed E-state index contributed by atoms with van der Waals surface area (Å²) in [6.07, 6.45) is 0.0849. The molecule has 1 aromatic carbocycles. The van der Waals surface area contributed by atoms with Crippen molar-refractivity contribution in [2.45, 2.75) is 20.3 Å². The molecule has 0 atom stereocenters. The number of amides is 1. The molecular weight excluding hydrogens is 247 g/mol. The Kier molecular flexibility index (Phi) is 5.30. The number of hydrogen-bond donors (Lipinski definition) is 2. The molecule has 0 heterocycles. The molecule has 0 saturated heterocycles. The van der Waals surface area contributed by atoms with Crippen LogP contribution < -0.4 is 15.8 Å². The molecule has 0 spiro atoms. The standard InChI is InChI=1S/C14H21FN2O2/c1-14(2,8-16)9-17-13(18)7-10-6-11(15)4-5-12(10)19-3/h4-6H,7-9,16H2,1-3H3,(H,17,18). The molecule has 106 valence electrons. The van der Waals surface area contributed by atoms with E-state index >= 15 is 0 Å².